The van der Waals surface area contributed by atoms with Crippen LogP contribution in [0.1, 0.15) is 28.8 Å². The number of piperidine rings is 1. The van der Waals surface area contributed by atoms with Gasteiger partial charge in [0.15, 0.2) is 11.6 Å². The summed E-state index contributed by atoms with van der Waals surface area (Å²) in [5, 5.41) is 9.11. The van der Waals surface area contributed by atoms with Crippen molar-refractivity contribution in [1.29, 1.82) is 0 Å². The summed E-state index contributed by atoms with van der Waals surface area (Å²) < 4.78 is 0. The normalized spacial score (nSPS) is 14.6. The van der Waals surface area contributed by atoms with Crippen molar-refractivity contribution in [2.45, 2.75) is 19.8 Å². The first kappa shape index (κ1) is 18.4. The van der Waals surface area contributed by atoms with Crippen LogP contribution >= 0.6 is 0 Å². The molecule has 1 amide bonds. The number of rotatable bonds is 5. The van der Waals surface area contributed by atoms with Crippen molar-refractivity contribution in [3.63, 3.8) is 0 Å². The molecular weight excluding hydrogens is 348 g/mol. The van der Waals surface area contributed by atoms with E-state index in [0.717, 1.165) is 5.56 Å². The van der Waals surface area contributed by atoms with Gasteiger partial charge in [0.05, 0.1) is 5.92 Å². The van der Waals surface area contributed by atoms with Crippen molar-refractivity contribution < 1.29 is 14.7 Å². The second-order valence-corrected chi connectivity index (χ2v) is 6.45. The molecule has 27 heavy (non-hydrogen) atoms. The topological polar surface area (TPSA) is 133 Å². The van der Waals surface area contributed by atoms with E-state index in [-0.39, 0.29) is 11.8 Å². The quantitative estimate of drug-likeness (QED) is 0.581. The number of hydrazine groups is 1. The van der Waals surface area contributed by atoms with Gasteiger partial charge in [0.1, 0.15) is 12.0 Å². The number of carboxylic acid groups (broad SMARTS) is 1. The van der Waals surface area contributed by atoms with E-state index in [1.807, 2.05) is 24.0 Å². The summed E-state index contributed by atoms with van der Waals surface area (Å²) in [7, 11) is 0. The minimum atomic E-state index is -0.772. The molecule has 9 nitrogen and oxygen atoms in total. The lowest BCUT2D eigenvalue weighted by Crippen LogP contribution is -2.37. The van der Waals surface area contributed by atoms with Gasteiger partial charge in [-0.1, -0.05) is 18.2 Å². The minimum Gasteiger partial charge on any atom is -0.481 e. The maximum absolute atomic E-state index is 12.3. The Kier molecular flexibility index (Phi) is 5.39. The Hall–Kier alpha value is -3.36. The van der Waals surface area contributed by atoms with Crippen molar-refractivity contribution in [2.75, 3.05) is 29.1 Å². The lowest BCUT2D eigenvalue weighted by atomic mass is 9.97. The third-order valence-corrected chi connectivity index (χ3v) is 4.69. The van der Waals surface area contributed by atoms with Crippen molar-refractivity contribution in [1.82, 2.24) is 15.4 Å². The highest BCUT2D eigenvalue weighted by Crippen LogP contribution is 2.29. The van der Waals surface area contributed by atoms with E-state index in [9.17, 15) is 9.59 Å². The van der Waals surface area contributed by atoms with Crippen LogP contribution in [0.4, 0.5) is 17.3 Å². The van der Waals surface area contributed by atoms with E-state index in [1.165, 1.54) is 6.33 Å². The summed E-state index contributed by atoms with van der Waals surface area (Å²) in [4.78, 5) is 33.6. The van der Waals surface area contributed by atoms with E-state index in [1.54, 1.807) is 12.1 Å². The van der Waals surface area contributed by atoms with Gasteiger partial charge in [-0.05, 0) is 31.4 Å². The first-order valence-corrected chi connectivity index (χ1v) is 8.67. The molecule has 1 aliphatic heterocycles. The zero-order valence-corrected chi connectivity index (χ0v) is 15.0. The molecule has 142 valence electrons. The summed E-state index contributed by atoms with van der Waals surface area (Å²) in [6, 6.07) is 7.24. The number of aliphatic carboxylic acids is 1. The largest absolute Gasteiger partial charge is 0.481 e. The minimum absolute atomic E-state index is 0.294. The summed E-state index contributed by atoms with van der Waals surface area (Å²) in [5.41, 5.74) is 13.2. The average Bonchev–Trinajstić information content (AvgIpc) is 2.67. The number of nitrogen functional groups attached to an aromatic ring is 1. The summed E-state index contributed by atoms with van der Waals surface area (Å²) in [6.07, 6.45) is 2.42. The van der Waals surface area contributed by atoms with E-state index < -0.39 is 5.97 Å². The number of aryl methyl sites for hydroxylation is 1. The van der Waals surface area contributed by atoms with E-state index in [2.05, 4.69) is 20.8 Å². The maximum atomic E-state index is 12.3. The molecule has 1 saturated heterocycles. The van der Waals surface area contributed by atoms with E-state index in [0.29, 0.717) is 48.8 Å². The monoisotopic (exact) mass is 370 g/mol. The molecule has 1 aromatic heterocycles. The number of carbonyl (C=O) groups excluding carboxylic acids is 1. The number of carboxylic acids is 1. The highest BCUT2D eigenvalue weighted by molar-refractivity contribution is 5.96. The van der Waals surface area contributed by atoms with Crippen LogP contribution in [0.15, 0.2) is 30.6 Å². The smallest absolute Gasteiger partial charge is 0.306 e. The number of carbonyl (C=O) groups is 2. The Morgan fingerprint density at radius 2 is 1.93 bits per heavy atom. The van der Waals surface area contributed by atoms with Crippen LogP contribution in [-0.4, -0.2) is 40.0 Å². The Morgan fingerprint density at radius 3 is 2.59 bits per heavy atom. The van der Waals surface area contributed by atoms with Gasteiger partial charge >= 0.3 is 5.97 Å². The van der Waals surface area contributed by atoms with Gasteiger partial charge in [0, 0.05) is 18.7 Å². The van der Waals surface area contributed by atoms with Gasteiger partial charge in [0.2, 0.25) is 0 Å². The molecule has 3 rings (SSSR count). The lowest BCUT2D eigenvalue weighted by molar-refractivity contribution is -0.142. The highest BCUT2D eigenvalue weighted by atomic mass is 16.4. The fourth-order valence-electron chi connectivity index (χ4n) is 3.09. The molecule has 1 fully saturated rings. The predicted molar refractivity (Wildman–Crippen MR) is 101 cm³/mol. The number of hydrogen-bond donors (Lipinski definition) is 4. The van der Waals surface area contributed by atoms with Crippen LogP contribution in [0.2, 0.25) is 0 Å². The SMILES string of the molecule is Cc1ccccc1C(=O)NNc1ncnc(N2CCC(C(=O)O)CC2)c1N. The molecule has 1 aromatic carbocycles. The second-order valence-electron chi connectivity index (χ2n) is 6.45. The molecule has 0 unspecified atom stereocenters. The molecule has 0 saturated carbocycles. The zero-order valence-electron chi connectivity index (χ0n) is 15.0. The number of benzene rings is 1. The summed E-state index contributed by atoms with van der Waals surface area (Å²) >= 11 is 0. The van der Waals surface area contributed by atoms with Gasteiger partial charge in [0.25, 0.3) is 5.91 Å². The van der Waals surface area contributed by atoms with Crippen LogP contribution in [0.5, 0.6) is 0 Å². The molecule has 1 aliphatic rings. The molecule has 2 heterocycles. The van der Waals surface area contributed by atoms with Gasteiger partial charge in [-0.25, -0.2) is 9.97 Å². The average molecular weight is 370 g/mol. The Balaban J connectivity index is 1.68. The van der Waals surface area contributed by atoms with Gasteiger partial charge < -0.3 is 15.7 Å². The molecule has 0 radical (unpaired) electrons. The molecule has 2 aromatic rings. The first-order chi connectivity index (χ1) is 13.0. The number of anilines is 3. The van der Waals surface area contributed by atoms with Crippen LogP contribution in [0, 0.1) is 12.8 Å². The van der Waals surface area contributed by atoms with Crippen molar-refractivity contribution in [3.8, 4) is 0 Å². The molecule has 0 aliphatic carbocycles. The Morgan fingerprint density at radius 1 is 1.22 bits per heavy atom. The number of nitrogens with two attached hydrogens (primary N) is 1. The summed E-state index contributed by atoms with van der Waals surface area (Å²) in [6.45, 7) is 2.95. The van der Waals surface area contributed by atoms with E-state index in [4.69, 9.17) is 10.8 Å². The standard InChI is InChI=1S/C18H22N6O3/c1-11-4-2-3-5-13(11)17(25)23-22-15-14(19)16(21-10-20-15)24-8-6-12(7-9-24)18(26)27/h2-5,10,12H,6-9,19H2,1H3,(H,23,25)(H,26,27)(H,20,21,22). The van der Waals surface area contributed by atoms with Crippen molar-refractivity contribution >= 4 is 29.2 Å². The van der Waals surface area contributed by atoms with Gasteiger partial charge in [-0.2, -0.15) is 0 Å². The summed E-state index contributed by atoms with van der Waals surface area (Å²) in [5.74, 6) is -0.583. The Bertz CT molecular complexity index is 849. The second kappa shape index (κ2) is 7.90. The maximum Gasteiger partial charge on any atom is 0.306 e. The third kappa shape index (κ3) is 4.08. The fourth-order valence-corrected chi connectivity index (χ4v) is 3.09. The molecular formula is C18H22N6O3. The zero-order chi connectivity index (χ0) is 19.4. The third-order valence-electron chi connectivity index (χ3n) is 4.69. The fraction of sp³-hybridized carbons (Fsp3) is 0.333. The van der Waals surface area contributed by atoms with E-state index >= 15 is 0 Å². The van der Waals surface area contributed by atoms with Crippen LogP contribution in [0.3, 0.4) is 0 Å². The lowest BCUT2D eigenvalue weighted by Gasteiger charge is -2.31. The first-order valence-electron chi connectivity index (χ1n) is 8.67. The predicted octanol–water partition coefficient (Wildman–Crippen LogP) is 1.43. The highest BCUT2D eigenvalue weighted by Gasteiger charge is 2.26. The Labute approximate surface area is 156 Å². The van der Waals surface area contributed by atoms with Gasteiger partial charge in [-0.15, -0.1) is 0 Å². The molecule has 0 atom stereocenters. The van der Waals surface area contributed by atoms with Gasteiger partial charge in [-0.3, -0.25) is 20.4 Å². The molecule has 9 heteroatoms. The number of nitrogens with one attached hydrogen (secondary N) is 2. The van der Waals surface area contributed by atoms with Crippen LogP contribution in [-0.2, 0) is 4.79 Å². The number of hydrogen-bond acceptors (Lipinski definition) is 7. The molecule has 0 bridgehead atoms. The van der Waals surface area contributed by atoms with Crippen LogP contribution < -0.4 is 21.5 Å². The number of aromatic nitrogens is 2. The number of nitrogens with zero attached hydrogens (tertiary/aromatic N) is 3. The van der Waals surface area contributed by atoms with Crippen molar-refractivity contribution in [3.05, 3.63) is 41.7 Å². The molecule has 0 spiro atoms. The number of amides is 1. The van der Waals surface area contributed by atoms with Crippen LogP contribution in [0.25, 0.3) is 0 Å². The molecule has 5 N–H and O–H groups in total. The van der Waals surface area contributed by atoms with Crippen molar-refractivity contribution in [2.24, 2.45) is 5.92 Å².